The quantitative estimate of drug-likeness (QED) is 0.652. The summed E-state index contributed by atoms with van der Waals surface area (Å²) in [6.45, 7) is 0. The third-order valence-electron chi connectivity index (χ3n) is 1.77. The zero-order valence-corrected chi connectivity index (χ0v) is 8.19. The topological polar surface area (TPSA) is 44.0 Å². The van der Waals surface area contributed by atoms with Gasteiger partial charge in [-0.2, -0.15) is 5.26 Å². The molecule has 13 heavy (non-hydrogen) atoms. The Morgan fingerprint density at radius 2 is 2.23 bits per heavy atom. The van der Waals surface area contributed by atoms with Crippen molar-refractivity contribution in [3.8, 4) is 11.8 Å². The first-order valence-electron chi connectivity index (χ1n) is 3.57. The van der Waals surface area contributed by atoms with Gasteiger partial charge >= 0.3 is 0 Å². The first-order valence-corrected chi connectivity index (χ1v) is 4.84. The van der Waals surface area contributed by atoms with Crippen molar-refractivity contribution in [2.24, 2.45) is 0 Å². The molecule has 2 nitrogen and oxygen atoms in total. The molecule has 0 atom stereocenters. The molecule has 2 aromatic rings. The summed E-state index contributed by atoms with van der Waals surface area (Å²) in [6.07, 6.45) is 0. The highest BCUT2D eigenvalue weighted by Gasteiger charge is 2.11. The van der Waals surface area contributed by atoms with Crippen molar-refractivity contribution in [1.29, 1.82) is 5.26 Å². The van der Waals surface area contributed by atoms with E-state index in [1.54, 1.807) is 6.07 Å². The van der Waals surface area contributed by atoms with Gasteiger partial charge in [-0.3, -0.25) is 0 Å². The van der Waals surface area contributed by atoms with Crippen LogP contribution < -0.4 is 0 Å². The number of fused-ring (bicyclic) bond motifs is 1. The predicted molar refractivity (Wildman–Crippen MR) is 55.5 cm³/mol. The lowest BCUT2D eigenvalue weighted by atomic mass is 10.2. The van der Waals surface area contributed by atoms with Crippen molar-refractivity contribution in [3.63, 3.8) is 0 Å². The molecule has 0 radical (unpaired) electrons. The number of thiophene rings is 1. The molecular weight excluding hydrogens is 202 g/mol. The van der Waals surface area contributed by atoms with E-state index in [9.17, 15) is 5.11 Å². The largest absolute Gasteiger partial charge is 0.505 e. The highest BCUT2D eigenvalue weighted by Crippen LogP contribution is 2.39. The van der Waals surface area contributed by atoms with Crippen LogP contribution in [0.4, 0.5) is 0 Å². The maximum absolute atomic E-state index is 9.61. The summed E-state index contributed by atoms with van der Waals surface area (Å²) in [5, 5.41) is 19.0. The molecule has 0 saturated heterocycles. The second-order valence-electron chi connectivity index (χ2n) is 2.54. The lowest BCUT2D eigenvalue weighted by Crippen LogP contribution is -1.68. The second kappa shape index (κ2) is 2.95. The minimum atomic E-state index is 0.0492. The first-order chi connectivity index (χ1) is 6.24. The monoisotopic (exact) mass is 207 g/mol. The molecular formula is C9H5NOS2. The van der Waals surface area contributed by atoms with Crippen LogP contribution in [0.5, 0.6) is 5.75 Å². The maximum atomic E-state index is 9.61. The molecule has 1 heterocycles. The average molecular weight is 207 g/mol. The number of hydrogen-bond acceptors (Lipinski definition) is 4. The zero-order valence-electron chi connectivity index (χ0n) is 6.48. The number of benzene rings is 1. The lowest BCUT2D eigenvalue weighted by molar-refractivity contribution is 0.481. The van der Waals surface area contributed by atoms with Gasteiger partial charge < -0.3 is 5.11 Å². The molecule has 0 bridgehead atoms. The Morgan fingerprint density at radius 1 is 1.46 bits per heavy atom. The van der Waals surface area contributed by atoms with Crippen molar-refractivity contribution in [2.75, 3.05) is 0 Å². The van der Waals surface area contributed by atoms with E-state index in [0.717, 1.165) is 4.70 Å². The summed E-state index contributed by atoms with van der Waals surface area (Å²) in [4.78, 5) is 1.05. The van der Waals surface area contributed by atoms with Gasteiger partial charge in [0.1, 0.15) is 10.9 Å². The van der Waals surface area contributed by atoms with Gasteiger partial charge in [-0.15, -0.1) is 24.0 Å². The Kier molecular flexibility index (Phi) is 1.91. The van der Waals surface area contributed by atoms with Gasteiger partial charge in [0, 0.05) is 15.0 Å². The third-order valence-corrected chi connectivity index (χ3v) is 3.19. The molecule has 0 aliphatic carbocycles. The molecule has 64 valence electrons. The van der Waals surface area contributed by atoms with Crippen LogP contribution in [0.2, 0.25) is 0 Å². The summed E-state index contributed by atoms with van der Waals surface area (Å²) in [7, 11) is 0. The van der Waals surface area contributed by atoms with Crippen LogP contribution in [0.25, 0.3) is 10.1 Å². The van der Waals surface area contributed by atoms with Crippen LogP contribution in [-0.4, -0.2) is 5.11 Å². The van der Waals surface area contributed by atoms with Gasteiger partial charge in [-0.1, -0.05) is 6.07 Å². The molecule has 0 saturated carbocycles. The minimum absolute atomic E-state index is 0.0492. The number of hydrogen-bond donors (Lipinski definition) is 2. The fourth-order valence-electron chi connectivity index (χ4n) is 1.19. The van der Waals surface area contributed by atoms with Crippen molar-refractivity contribution in [2.45, 2.75) is 4.90 Å². The second-order valence-corrected chi connectivity index (χ2v) is 4.08. The van der Waals surface area contributed by atoms with E-state index in [1.807, 2.05) is 18.2 Å². The number of thiol groups is 1. The molecule has 0 spiro atoms. The molecule has 0 amide bonds. The van der Waals surface area contributed by atoms with Gasteiger partial charge in [0.05, 0.1) is 0 Å². The van der Waals surface area contributed by atoms with E-state index in [0.29, 0.717) is 15.2 Å². The van der Waals surface area contributed by atoms with Gasteiger partial charge in [0.15, 0.2) is 5.75 Å². The van der Waals surface area contributed by atoms with Gasteiger partial charge in [0.2, 0.25) is 0 Å². The molecule has 0 aliphatic rings. The minimum Gasteiger partial charge on any atom is -0.505 e. The Balaban J connectivity index is 2.95. The van der Waals surface area contributed by atoms with Gasteiger partial charge in [0.25, 0.3) is 0 Å². The van der Waals surface area contributed by atoms with Crippen LogP contribution in [0.3, 0.4) is 0 Å². The lowest BCUT2D eigenvalue weighted by Gasteiger charge is -1.93. The number of nitrogens with zero attached hydrogens (tertiary/aromatic N) is 1. The van der Waals surface area contributed by atoms with E-state index >= 15 is 0 Å². The van der Waals surface area contributed by atoms with E-state index in [-0.39, 0.29) is 5.75 Å². The normalized spacial score (nSPS) is 10.2. The molecule has 0 fully saturated rings. The van der Waals surface area contributed by atoms with E-state index in [2.05, 4.69) is 12.6 Å². The SMILES string of the molecule is N#Cc1sc2cccc(S)c2c1O. The highest BCUT2D eigenvalue weighted by molar-refractivity contribution is 7.80. The Labute approximate surface area is 84.5 Å². The van der Waals surface area contributed by atoms with Crippen molar-refractivity contribution in [1.82, 2.24) is 0 Å². The van der Waals surface area contributed by atoms with E-state index in [4.69, 9.17) is 5.26 Å². The van der Waals surface area contributed by atoms with Crippen LogP contribution in [-0.2, 0) is 0 Å². The zero-order chi connectivity index (χ0) is 9.42. The van der Waals surface area contributed by atoms with Crippen molar-refractivity contribution in [3.05, 3.63) is 23.1 Å². The summed E-state index contributed by atoms with van der Waals surface area (Å²) in [5.41, 5.74) is 0. The van der Waals surface area contributed by atoms with Crippen LogP contribution >= 0.6 is 24.0 Å². The highest BCUT2D eigenvalue weighted by atomic mass is 32.1. The fraction of sp³-hybridized carbons (Fsp3) is 0. The van der Waals surface area contributed by atoms with E-state index < -0.39 is 0 Å². The summed E-state index contributed by atoms with van der Waals surface area (Å²) < 4.78 is 0.890. The molecule has 1 N–H and O–H groups in total. The fourth-order valence-corrected chi connectivity index (χ4v) is 2.50. The molecule has 0 unspecified atom stereocenters. The Morgan fingerprint density at radius 3 is 2.85 bits per heavy atom. The smallest absolute Gasteiger partial charge is 0.153 e. The van der Waals surface area contributed by atoms with Crippen molar-refractivity contribution >= 4 is 34.1 Å². The molecule has 2 rings (SSSR count). The molecule has 4 heteroatoms. The number of nitriles is 1. The summed E-state index contributed by atoms with van der Waals surface area (Å²) in [5.74, 6) is 0.0492. The average Bonchev–Trinajstić information content (AvgIpc) is 2.44. The molecule has 0 aliphatic heterocycles. The summed E-state index contributed by atoms with van der Waals surface area (Å²) >= 11 is 5.49. The first kappa shape index (κ1) is 8.42. The number of aromatic hydroxyl groups is 1. The van der Waals surface area contributed by atoms with Crippen LogP contribution in [0.15, 0.2) is 23.1 Å². The predicted octanol–water partition coefficient (Wildman–Crippen LogP) is 2.77. The summed E-state index contributed by atoms with van der Waals surface area (Å²) in [6, 6.07) is 7.45. The molecule has 1 aromatic carbocycles. The van der Waals surface area contributed by atoms with Crippen molar-refractivity contribution < 1.29 is 5.11 Å². The Bertz CT molecular complexity index is 510. The van der Waals surface area contributed by atoms with Gasteiger partial charge in [-0.25, -0.2) is 0 Å². The standard InChI is InChI=1S/C9H5NOS2/c10-4-7-9(11)8-5(12)2-1-3-6(8)13-7/h1-3,11-12H. The third kappa shape index (κ3) is 1.17. The number of rotatable bonds is 0. The maximum Gasteiger partial charge on any atom is 0.153 e. The Hall–Kier alpha value is -1.18. The molecule has 1 aromatic heterocycles. The van der Waals surface area contributed by atoms with Gasteiger partial charge in [-0.05, 0) is 12.1 Å². The van der Waals surface area contributed by atoms with Crippen LogP contribution in [0.1, 0.15) is 4.88 Å². The van der Waals surface area contributed by atoms with E-state index in [1.165, 1.54) is 11.3 Å². The van der Waals surface area contributed by atoms with Crippen LogP contribution in [0, 0.1) is 11.3 Å².